The molecule has 0 atom stereocenters. The van der Waals surface area contributed by atoms with E-state index in [1.165, 1.54) is 0 Å². The summed E-state index contributed by atoms with van der Waals surface area (Å²) in [6, 6.07) is 12.6. The van der Waals surface area contributed by atoms with Crippen LogP contribution in [0.2, 0.25) is 0 Å². The van der Waals surface area contributed by atoms with Crippen LogP contribution in [0.1, 0.15) is 16.7 Å². The van der Waals surface area contributed by atoms with Gasteiger partial charge in [-0.05, 0) is 36.2 Å². The van der Waals surface area contributed by atoms with Gasteiger partial charge in [-0.15, -0.1) is 0 Å². The van der Waals surface area contributed by atoms with Crippen molar-refractivity contribution in [2.75, 3.05) is 6.61 Å². The number of benzene rings is 2. The van der Waals surface area contributed by atoms with Crippen molar-refractivity contribution in [3.05, 3.63) is 59.2 Å². The summed E-state index contributed by atoms with van der Waals surface area (Å²) in [6.07, 6.45) is 0.883. The van der Waals surface area contributed by atoms with E-state index in [1.807, 2.05) is 25.1 Å². The third kappa shape index (κ3) is 3.09. The summed E-state index contributed by atoms with van der Waals surface area (Å²) in [7, 11) is -3.47. The fourth-order valence-electron chi connectivity index (χ4n) is 2.33. The first-order valence-corrected chi connectivity index (χ1v) is 8.34. The van der Waals surface area contributed by atoms with Crippen molar-refractivity contribution in [1.82, 2.24) is 4.72 Å². The molecule has 0 saturated carbocycles. The maximum absolute atomic E-state index is 12.2. The van der Waals surface area contributed by atoms with Gasteiger partial charge in [0.25, 0.3) is 0 Å². The van der Waals surface area contributed by atoms with Crippen molar-refractivity contribution in [3.8, 4) is 5.75 Å². The number of fused-ring (bicyclic) bond motifs is 1. The summed E-state index contributed by atoms with van der Waals surface area (Å²) in [4.78, 5) is 0.289. The number of aryl methyl sites for hydroxylation is 1. The molecule has 1 aliphatic rings. The molecule has 0 radical (unpaired) electrons. The maximum atomic E-state index is 12.2. The van der Waals surface area contributed by atoms with Crippen molar-refractivity contribution >= 4 is 10.0 Å². The van der Waals surface area contributed by atoms with E-state index in [0.29, 0.717) is 6.61 Å². The number of hydrogen-bond donors (Lipinski definition) is 1. The van der Waals surface area contributed by atoms with Gasteiger partial charge in [0.2, 0.25) is 10.0 Å². The molecule has 21 heavy (non-hydrogen) atoms. The summed E-state index contributed by atoms with van der Waals surface area (Å²) in [5.74, 6) is 0.903. The quantitative estimate of drug-likeness (QED) is 0.943. The Hall–Kier alpha value is -1.85. The summed E-state index contributed by atoms with van der Waals surface area (Å²) in [5, 5.41) is 0. The zero-order valence-corrected chi connectivity index (χ0v) is 12.6. The minimum Gasteiger partial charge on any atom is -0.493 e. The van der Waals surface area contributed by atoms with Gasteiger partial charge in [0.1, 0.15) is 5.75 Å². The van der Waals surface area contributed by atoms with E-state index in [2.05, 4.69) is 4.72 Å². The summed E-state index contributed by atoms with van der Waals surface area (Å²) >= 11 is 0. The smallest absolute Gasteiger partial charge is 0.240 e. The normalized spacial score (nSPS) is 13.8. The lowest BCUT2D eigenvalue weighted by atomic mass is 10.1. The van der Waals surface area contributed by atoms with Crippen molar-refractivity contribution in [3.63, 3.8) is 0 Å². The second-order valence-electron chi connectivity index (χ2n) is 5.18. The molecule has 110 valence electrons. The Balaban J connectivity index is 1.73. The van der Waals surface area contributed by atoms with Gasteiger partial charge in [0, 0.05) is 13.0 Å². The molecule has 1 aliphatic heterocycles. The summed E-state index contributed by atoms with van der Waals surface area (Å²) in [6.45, 7) is 2.91. The van der Waals surface area contributed by atoms with Gasteiger partial charge in [0.15, 0.2) is 0 Å². The predicted octanol–water partition coefficient (Wildman–Crippen LogP) is 2.41. The number of hydrogen-bond acceptors (Lipinski definition) is 3. The molecule has 0 fully saturated rings. The molecule has 0 spiro atoms. The van der Waals surface area contributed by atoms with Crippen LogP contribution in [-0.2, 0) is 23.0 Å². The molecule has 0 bridgehead atoms. The van der Waals surface area contributed by atoms with Crippen LogP contribution in [0.25, 0.3) is 0 Å². The highest BCUT2D eigenvalue weighted by Crippen LogP contribution is 2.25. The number of ether oxygens (including phenoxy) is 1. The van der Waals surface area contributed by atoms with Gasteiger partial charge in [-0.25, -0.2) is 13.1 Å². The van der Waals surface area contributed by atoms with Gasteiger partial charge < -0.3 is 4.74 Å². The van der Waals surface area contributed by atoms with Crippen LogP contribution in [0, 0.1) is 6.92 Å². The molecule has 0 saturated heterocycles. The molecule has 1 N–H and O–H groups in total. The lowest BCUT2D eigenvalue weighted by Crippen LogP contribution is -2.23. The van der Waals surface area contributed by atoms with E-state index in [-0.39, 0.29) is 11.4 Å². The Morgan fingerprint density at radius 2 is 1.90 bits per heavy atom. The summed E-state index contributed by atoms with van der Waals surface area (Å²) < 4.78 is 32.5. The number of nitrogens with one attached hydrogen (secondary N) is 1. The minimum absolute atomic E-state index is 0.281. The average Bonchev–Trinajstić information content (AvgIpc) is 2.93. The molecule has 1 heterocycles. The molecule has 3 rings (SSSR count). The van der Waals surface area contributed by atoms with Crippen LogP contribution in [0.5, 0.6) is 5.75 Å². The maximum Gasteiger partial charge on any atom is 0.240 e. The molecule has 2 aromatic carbocycles. The van der Waals surface area contributed by atoms with Crippen LogP contribution < -0.4 is 9.46 Å². The fraction of sp³-hybridized carbons (Fsp3) is 0.250. The van der Waals surface area contributed by atoms with Gasteiger partial charge in [0.05, 0.1) is 11.5 Å². The van der Waals surface area contributed by atoms with E-state index in [0.717, 1.165) is 28.9 Å². The van der Waals surface area contributed by atoms with Crippen molar-refractivity contribution in [2.45, 2.75) is 24.8 Å². The Kier molecular flexibility index (Phi) is 3.69. The van der Waals surface area contributed by atoms with E-state index >= 15 is 0 Å². The Labute approximate surface area is 124 Å². The fourth-order valence-corrected chi connectivity index (χ4v) is 3.35. The molecule has 0 unspecified atom stereocenters. The van der Waals surface area contributed by atoms with Crippen molar-refractivity contribution in [2.24, 2.45) is 0 Å². The first kappa shape index (κ1) is 14.1. The highest BCUT2D eigenvalue weighted by atomic mass is 32.2. The first-order valence-electron chi connectivity index (χ1n) is 6.85. The van der Waals surface area contributed by atoms with Crippen LogP contribution >= 0.6 is 0 Å². The first-order chi connectivity index (χ1) is 10.0. The van der Waals surface area contributed by atoms with E-state index < -0.39 is 10.0 Å². The zero-order chi connectivity index (χ0) is 14.9. The molecule has 2 aromatic rings. The highest BCUT2D eigenvalue weighted by molar-refractivity contribution is 7.89. The van der Waals surface area contributed by atoms with Crippen LogP contribution in [0.3, 0.4) is 0 Å². The van der Waals surface area contributed by atoms with E-state index in [9.17, 15) is 8.42 Å². The Bertz CT molecular complexity index is 752. The average molecular weight is 303 g/mol. The molecular weight excluding hydrogens is 286 g/mol. The van der Waals surface area contributed by atoms with E-state index in [1.54, 1.807) is 24.3 Å². The van der Waals surface area contributed by atoms with E-state index in [4.69, 9.17) is 4.74 Å². The van der Waals surface area contributed by atoms with Crippen LogP contribution in [0.15, 0.2) is 47.4 Å². The lowest BCUT2D eigenvalue weighted by Gasteiger charge is -2.08. The number of sulfonamides is 1. The second-order valence-corrected chi connectivity index (χ2v) is 6.95. The van der Waals surface area contributed by atoms with Crippen LogP contribution in [-0.4, -0.2) is 15.0 Å². The summed E-state index contributed by atoms with van der Waals surface area (Å²) in [5.41, 5.74) is 3.12. The number of rotatable bonds is 4. The van der Waals surface area contributed by atoms with Crippen LogP contribution in [0.4, 0.5) is 0 Å². The third-order valence-electron chi connectivity index (χ3n) is 3.55. The second kappa shape index (κ2) is 5.50. The topological polar surface area (TPSA) is 55.4 Å². The Morgan fingerprint density at radius 1 is 1.14 bits per heavy atom. The predicted molar refractivity (Wildman–Crippen MR) is 80.8 cm³/mol. The molecule has 0 amide bonds. The highest BCUT2D eigenvalue weighted by Gasteiger charge is 2.15. The molecular formula is C16H17NO3S. The molecule has 4 nitrogen and oxygen atoms in total. The lowest BCUT2D eigenvalue weighted by molar-refractivity contribution is 0.357. The largest absolute Gasteiger partial charge is 0.493 e. The monoisotopic (exact) mass is 303 g/mol. The zero-order valence-electron chi connectivity index (χ0n) is 11.8. The standard InChI is InChI=1S/C16H17NO3S/c1-12-2-5-15(6-3-12)21(18,19)17-11-13-4-7-16-14(10-13)8-9-20-16/h2-7,10,17H,8-9,11H2,1H3. The third-order valence-corrected chi connectivity index (χ3v) is 4.97. The van der Waals surface area contributed by atoms with Gasteiger partial charge in [-0.2, -0.15) is 0 Å². The van der Waals surface area contributed by atoms with Crippen molar-refractivity contribution in [1.29, 1.82) is 0 Å². The molecule has 0 aliphatic carbocycles. The Morgan fingerprint density at radius 3 is 2.67 bits per heavy atom. The SMILES string of the molecule is Cc1ccc(S(=O)(=O)NCc2ccc3c(c2)CCO3)cc1. The van der Waals surface area contributed by atoms with Gasteiger partial charge in [-0.3, -0.25) is 0 Å². The van der Waals surface area contributed by atoms with Gasteiger partial charge in [-0.1, -0.05) is 29.8 Å². The minimum atomic E-state index is -3.47. The molecule has 0 aromatic heterocycles. The van der Waals surface area contributed by atoms with Crippen molar-refractivity contribution < 1.29 is 13.2 Å². The molecule has 5 heteroatoms. The van der Waals surface area contributed by atoms with Gasteiger partial charge >= 0.3 is 0 Å².